The van der Waals surface area contributed by atoms with Crippen LogP contribution in [0.5, 0.6) is 0 Å². The van der Waals surface area contributed by atoms with Crippen molar-refractivity contribution in [2.24, 2.45) is 5.41 Å². The Morgan fingerprint density at radius 1 is 1.28 bits per heavy atom. The third-order valence-corrected chi connectivity index (χ3v) is 4.81. The van der Waals surface area contributed by atoms with E-state index in [1.165, 1.54) is 12.1 Å². The summed E-state index contributed by atoms with van der Waals surface area (Å²) in [6.45, 7) is 6.23. The zero-order chi connectivity index (χ0) is 17.8. The Bertz CT molecular complexity index is 572. The summed E-state index contributed by atoms with van der Waals surface area (Å²) in [5.74, 6) is -0.678. The zero-order valence-corrected chi connectivity index (χ0v) is 15.4. The molecule has 0 aliphatic carbocycles. The number of carbonyl (C=O) groups excluding carboxylic acids is 1. The first-order valence-electron chi connectivity index (χ1n) is 8.35. The van der Waals surface area contributed by atoms with Crippen LogP contribution in [-0.2, 0) is 11.0 Å². The molecule has 2 rings (SSSR count). The predicted octanol–water partition coefficient (Wildman–Crippen LogP) is 4.13. The molecule has 2 N–H and O–H groups in total. The second-order valence-electron chi connectivity index (χ2n) is 7.03. The van der Waals surface area contributed by atoms with Crippen molar-refractivity contribution in [1.82, 2.24) is 10.6 Å². The quantitative estimate of drug-likeness (QED) is 0.809. The number of carbonyl (C=O) groups is 1. The maximum absolute atomic E-state index is 13.1. The van der Waals surface area contributed by atoms with Gasteiger partial charge in [-0.05, 0) is 48.9 Å². The van der Waals surface area contributed by atoms with Gasteiger partial charge in [0.1, 0.15) is 0 Å². The summed E-state index contributed by atoms with van der Waals surface area (Å²) in [6.07, 6.45) is -2.37. The fraction of sp³-hybridized carbons (Fsp3) is 0.611. The van der Waals surface area contributed by atoms with Gasteiger partial charge in [0.05, 0.1) is 5.56 Å². The van der Waals surface area contributed by atoms with Crippen molar-refractivity contribution in [2.45, 2.75) is 45.2 Å². The van der Waals surface area contributed by atoms with Crippen LogP contribution in [0, 0.1) is 5.41 Å². The lowest BCUT2D eigenvalue weighted by molar-refractivity contribution is -0.138. The van der Waals surface area contributed by atoms with Crippen LogP contribution in [0.25, 0.3) is 0 Å². The maximum atomic E-state index is 13.1. The number of benzene rings is 1. The van der Waals surface area contributed by atoms with E-state index in [1.54, 1.807) is 13.0 Å². The Kier molecular flexibility index (Phi) is 7.75. The summed E-state index contributed by atoms with van der Waals surface area (Å²) < 4.78 is 39.2. The van der Waals surface area contributed by atoms with Crippen LogP contribution in [0.4, 0.5) is 13.2 Å². The largest absolute Gasteiger partial charge is 0.416 e. The number of rotatable bonds is 5. The highest BCUT2D eigenvalue weighted by Crippen LogP contribution is 2.36. The second-order valence-corrected chi connectivity index (χ2v) is 7.03. The number of hydrogen-bond donors (Lipinski definition) is 2. The molecule has 1 unspecified atom stereocenters. The van der Waals surface area contributed by atoms with Crippen molar-refractivity contribution in [3.8, 4) is 0 Å². The molecule has 1 heterocycles. The number of piperidine rings is 1. The van der Waals surface area contributed by atoms with Crippen molar-refractivity contribution in [3.63, 3.8) is 0 Å². The van der Waals surface area contributed by atoms with Gasteiger partial charge in [0.25, 0.3) is 0 Å². The van der Waals surface area contributed by atoms with E-state index in [4.69, 9.17) is 0 Å². The van der Waals surface area contributed by atoms with Crippen LogP contribution < -0.4 is 10.6 Å². The van der Waals surface area contributed by atoms with Crippen molar-refractivity contribution >= 4 is 18.3 Å². The van der Waals surface area contributed by atoms with E-state index in [2.05, 4.69) is 17.6 Å². The molecule has 1 aliphatic heterocycles. The first-order valence-corrected chi connectivity index (χ1v) is 8.35. The number of hydrogen-bond acceptors (Lipinski definition) is 2. The van der Waals surface area contributed by atoms with E-state index in [0.29, 0.717) is 6.54 Å². The molecule has 1 saturated heterocycles. The molecule has 0 saturated carbocycles. The molecule has 3 nitrogen and oxygen atoms in total. The maximum Gasteiger partial charge on any atom is 0.416 e. The average Bonchev–Trinajstić information content (AvgIpc) is 2.53. The Hall–Kier alpha value is -1.27. The van der Waals surface area contributed by atoms with Gasteiger partial charge in [0.2, 0.25) is 5.91 Å². The third-order valence-electron chi connectivity index (χ3n) is 4.81. The summed E-state index contributed by atoms with van der Waals surface area (Å²) in [5, 5.41) is 6.19. The molecule has 1 aromatic rings. The van der Waals surface area contributed by atoms with Gasteiger partial charge in [-0.2, -0.15) is 13.2 Å². The molecule has 142 valence electrons. The molecule has 1 aliphatic rings. The molecule has 0 aromatic heterocycles. The van der Waals surface area contributed by atoms with Crippen LogP contribution in [0.1, 0.15) is 50.2 Å². The molecule has 0 radical (unpaired) electrons. The second kappa shape index (κ2) is 8.90. The lowest BCUT2D eigenvalue weighted by Crippen LogP contribution is -2.43. The van der Waals surface area contributed by atoms with Gasteiger partial charge in [-0.25, -0.2) is 0 Å². The monoisotopic (exact) mass is 378 g/mol. The topological polar surface area (TPSA) is 41.1 Å². The summed E-state index contributed by atoms with van der Waals surface area (Å²) in [5.41, 5.74) is -0.419. The summed E-state index contributed by atoms with van der Waals surface area (Å²) in [4.78, 5) is 12.2. The molecular formula is C18H26ClF3N2O. The van der Waals surface area contributed by atoms with Crippen molar-refractivity contribution in [1.29, 1.82) is 0 Å². The third kappa shape index (κ3) is 6.19. The highest BCUT2D eigenvalue weighted by atomic mass is 35.5. The summed E-state index contributed by atoms with van der Waals surface area (Å²) >= 11 is 0. The average molecular weight is 379 g/mol. The first kappa shape index (κ1) is 21.8. The van der Waals surface area contributed by atoms with Crippen LogP contribution in [0.15, 0.2) is 24.3 Å². The van der Waals surface area contributed by atoms with E-state index in [9.17, 15) is 18.0 Å². The van der Waals surface area contributed by atoms with Gasteiger partial charge in [0, 0.05) is 13.0 Å². The minimum atomic E-state index is -4.40. The smallest absolute Gasteiger partial charge is 0.356 e. The van der Waals surface area contributed by atoms with Gasteiger partial charge in [-0.1, -0.05) is 32.0 Å². The van der Waals surface area contributed by atoms with E-state index >= 15 is 0 Å². The Morgan fingerprint density at radius 3 is 2.48 bits per heavy atom. The van der Waals surface area contributed by atoms with Crippen LogP contribution >= 0.6 is 12.4 Å². The van der Waals surface area contributed by atoms with Crippen molar-refractivity contribution < 1.29 is 18.0 Å². The minimum absolute atomic E-state index is 0. The first-order chi connectivity index (χ1) is 11.2. The summed E-state index contributed by atoms with van der Waals surface area (Å²) in [6, 6.07) is 5.47. The van der Waals surface area contributed by atoms with Gasteiger partial charge in [0.15, 0.2) is 0 Å². The van der Waals surface area contributed by atoms with Crippen LogP contribution in [-0.4, -0.2) is 25.5 Å². The molecule has 1 atom stereocenters. The number of nitrogens with one attached hydrogen (secondary N) is 2. The number of halogens is 4. The standard InChI is InChI=1S/C18H25F3N2O.ClH/c1-13(14-5-3-4-6-15(14)18(19,20)21)11-16(24)23-12-17(2)7-9-22-10-8-17;/h3-6,13,22H,7-12H2,1-2H3,(H,23,24);1H. The number of amides is 1. The van der Waals surface area contributed by atoms with Gasteiger partial charge in [-0.15, -0.1) is 12.4 Å². The predicted molar refractivity (Wildman–Crippen MR) is 94.9 cm³/mol. The Labute approximate surface area is 153 Å². The van der Waals surface area contributed by atoms with Crippen LogP contribution in [0.2, 0.25) is 0 Å². The van der Waals surface area contributed by atoms with E-state index < -0.39 is 17.7 Å². The molecule has 1 amide bonds. The highest BCUT2D eigenvalue weighted by Gasteiger charge is 2.34. The molecule has 1 aromatic carbocycles. The van der Waals surface area contributed by atoms with Gasteiger partial charge >= 0.3 is 6.18 Å². The molecule has 7 heteroatoms. The SMILES string of the molecule is CC(CC(=O)NCC1(C)CCNCC1)c1ccccc1C(F)(F)F.Cl. The van der Waals surface area contributed by atoms with Crippen molar-refractivity contribution in [3.05, 3.63) is 35.4 Å². The molecule has 0 bridgehead atoms. The Balaban J connectivity index is 0.00000312. The molecule has 0 spiro atoms. The Morgan fingerprint density at radius 2 is 1.88 bits per heavy atom. The van der Waals surface area contributed by atoms with Crippen LogP contribution in [0.3, 0.4) is 0 Å². The van der Waals surface area contributed by atoms with Gasteiger partial charge < -0.3 is 10.6 Å². The fourth-order valence-corrected chi connectivity index (χ4v) is 3.16. The molecule has 1 fully saturated rings. The lowest BCUT2D eigenvalue weighted by atomic mass is 9.81. The molecular weight excluding hydrogens is 353 g/mol. The fourth-order valence-electron chi connectivity index (χ4n) is 3.16. The zero-order valence-electron chi connectivity index (χ0n) is 14.6. The van der Waals surface area contributed by atoms with E-state index in [1.807, 2.05) is 0 Å². The van der Waals surface area contributed by atoms with Crippen molar-refractivity contribution in [2.75, 3.05) is 19.6 Å². The van der Waals surface area contributed by atoms with E-state index in [0.717, 1.165) is 32.0 Å². The van der Waals surface area contributed by atoms with E-state index in [-0.39, 0.29) is 35.7 Å². The highest BCUT2D eigenvalue weighted by molar-refractivity contribution is 5.85. The lowest BCUT2D eigenvalue weighted by Gasteiger charge is -2.34. The number of alkyl halides is 3. The minimum Gasteiger partial charge on any atom is -0.356 e. The normalized spacial score (nSPS) is 18.1. The van der Waals surface area contributed by atoms with Gasteiger partial charge in [-0.3, -0.25) is 4.79 Å². The summed E-state index contributed by atoms with van der Waals surface area (Å²) in [7, 11) is 0. The molecule has 25 heavy (non-hydrogen) atoms.